The van der Waals surface area contributed by atoms with Gasteiger partial charge in [0, 0.05) is 37.6 Å². The van der Waals surface area contributed by atoms with Gasteiger partial charge in [-0.15, -0.1) is 11.3 Å². The van der Waals surface area contributed by atoms with Gasteiger partial charge in [0.15, 0.2) is 16.6 Å². The Bertz CT molecular complexity index is 1430. The molecule has 0 aliphatic rings. The number of nitrogens with zero attached hydrogens (tertiary/aromatic N) is 4. The predicted molar refractivity (Wildman–Crippen MR) is 130 cm³/mol. The number of thiazole rings is 1. The van der Waals surface area contributed by atoms with Crippen molar-refractivity contribution in [3.63, 3.8) is 0 Å². The maximum absolute atomic E-state index is 15.1. The Morgan fingerprint density at radius 3 is 2.43 bits per heavy atom. The maximum atomic E-state index is 15.1. The number of halogens is 4. The summed E-state index contributed by atoms with van der Waals surface area (Å²) >= 11 is 1.82. The average Bonchev–Trinajstić information content (AvgIpc) is 3.22. The van der Waals surface area contributed by atoms with Crippen molar-refractivity contribution in [1.29, 1.82) is 0 Å². The molecule has 184 valence electrons. The summed E-state index contributed by atoms with van der Waals surface area (Å²) in [5.41, 5.74) is 0.339. The van der Waals surface area contributed by atoms with Gasteiger partial charge in [0.25, 0.3) is 5.56 Å². The Balaban J connectivity index is 1.70. The van der Waals surface area contributed by atoms with E-state index in [1.54, 1.807) is 0 Å². The van der Waals surface area contributed by atoms with Crippen LogP contribution in [0.5, 0.6) is 5.88 Å². The van der Waals surface area contributed by atoms with E-state index in [-0.39, 0.29) is 32.8 Å². The fourth-order valence-electron chi connectivity index (χ4n) is 3.06. The number of fused-ring (bicyclic) bond motifs is 1. The van der Waals surface area contributed by atoms with Gasteiger partial charge in [-0.05, 0) is 6.04 Å². The number of pyridine rings is 1. The van der Waals surface area contributed by atoms with Crippen LogP contribution in [-0.4, -0.2) is 34.2 Å². The molecule has 1 aromatic carbocycles. The number of rotatable bonds is 8. The number of thioether (sulfide) groups is 1. The third-order valence-corrected chi connectivity index (χ3v) is 8.42. The van der Waals surface area contributed by atoms with E-state index >= 15 is 4.39 Å². The molecule has 35 heavy (non-hydrogen) atoms. The molecule has 0 aliphatic heterocycles. The molecule has 0 spiro atoms. The summed E-state index contributed by atoms with van der Waals surface area (Å²) in [5.74, 6) is -4.23. The van der Waals surface area contributed by atoms with E-state index < -0.39 is 42.5 Å². The van der Waals surface area contributed by atoms with Crippen LogP contribution in [0.3, 0.4) is 0 Å². The van der Waals surface area contributed by atoms with Crippen LogP contribution in [0.4, 0.5) is 17.6 Å². The molecular formula is C22H20F4N4O2S2Si. The van der Waals surface area contributed by atoms with Crippen LogP contribution in [0.1, 0.15) is 5.56 Å². The fourth-order valence-corrected chi connectivity index (χ4v) is 5.44. The van der Waals surface area contributed by atoms with Crippen molar-refractivity contribution < 1.29 is 22.3 Å². The Labute approximate surface area is 207 Å². The van der Waals surface area contributed by atoms with E-state index in [0.717, 1.165) is 46.0 Å². The van der Waals surface area contributed by atoms with E-state index in [2.05, 4.69) is 34.6 Å². The van der Waals surface area contributed by atoms with Gasteiger partial charge in [-0.25, -0.2) is 37.1 Å². The summed E-state index contributed by atoms with van der Waals surface area (Å²) in [6.07, 6.45) is 1.15. The maximum Gasteiger partial charge on any atom is 0.278 e. The molecular weight excluding hydrogens is 520 g/mol. The molecule has 0 bridgehead atoms. The zero-order chi connectivity index (χ0) is 25.3. The van der Waals surface area contributed by atoms with E-state index in [0.29, 0.717) is 18.7 Å². The zero-order valence-electron chi connectivity index (χ0n) is 18.9. The molecule has 3 aromatic heterocycles. The molecule has 0 N–H and O–H groups in total. The molecule has 0 fully saturated rings. The summed E-state index contributed by atoms with van der Waals surface area (Å²) in [6, 6.07) is 3.07. The first kappa shape index (κ1) is 25.3. The Morgan fingerprint density at radius 1 is 1.06 bits per heavy atom. The Hall–Kier alpha value is -2.77. The van der Waals surface area contributed by atoms with E-state index in [4.69, 9.17) is 4.74 Å². The highest BCUT2D eigenvalue weighted by atomic mass is 32.2. The van der Waals surface area contributed by atoms with Crippen LogP contribution in [-0.2, 0) is 5.75 Å². The van der Waals surface area contributed by atoms with Crippen LogP contribution in [0, 0.1) is 23.3 Å². The van der Waals surface area contributed by atoms with Gasteiger partial charge < -0.3 is 4.74 Å². The van der Waals surface area contributed by atoms with Gasteiger partial charge in [0.2, 0.25) is 5.88 Å². The monoisotopic (exact) mass is 540 g/mol. The first-order valence-electron chi connectivity index (χ1n) is 10.4. The van der Waals surface area contributed by atoms with Crippen molar-refractivity contribution in [2.24, 2.45) is 0 Å². The summed E-state index contributed by atoms with van der Waals surface area (Å²) in [6.45, 7) is 6.95. The highest BCUT2D eigenvalue weighted by molar-refractivity contribution is 7.98. The van der Waals surface area contributed by atoms with Gasteiger partial charge in [-0.1, -0.05) is 31.4 Å². The lowest BCUT2D eigenvalue weighted by Crippen LogP contribution is -2.23. The molecule has 3 heterocycles. The normalized spacial score (nSPS) is 11.9. The van der Waals surface area contributed by atoms with Gasteiger partial charge in [0.1, 0.15) is 27.8 Å². The molecule has 0 unspecified atom stereocenters. The second-order valence-electron chi connectivity index (χ2n) is 8.81. The van der Waals surface area contributed by atoms with Crippen molar-refractivity contribution in [1.82, 2.24) is 19.5 Å². The first-order chi connectivity index (χ1) is 16.5. The van der Waals surface area contributed by atoms with Crippen LogP contribution in [0.2, 0.25) is 25.7 Å². The quantitative estimate of drug-likeness (QED) is 0.122. The highest BCUT2D eigenvalue weighted by Crippen LogP contribution is 2.29. The minimum atomic E-state index is -1.35. The van der Waals surface area contributed by atoms with Gasteiger partial charge in [0.05, 0.1) is 18.3 Å². The van der Waals surface area contributed by atoms with Gasteiger partial charge in [-0.2, -0.15) is 0 Å². The largest absolute Gasteiger partial charge is 0.478 e. The average molecular weight is 541 g/mol. The Kier molecular flexibility index (Phi) is 7.29. The molecule has 4 rings (SSSR count). The summed E-state index contributed by atoms with van der Waals surface area (Å²) in [7, 11) is -1.35. The van der Waals surface area contributed by atoms with Crippen LogP contribution >= 0.6 is 23.1 Å². The van der Waals surface area contributed by atoms with Gasteiger partial charge in [-0.3, -0.25) is 4.79 Å². The molecule has 0 radical (unpaired) electrons. The second-order valence-corrected chi connectivity index (χ2v) is 16.2. The number of benzene rings is 1. The minimum Gasteiger partial charge on any atom is -0.478 e. The zero-order valence-corrected chi connectivity index (χ0v) is 21.6. The highest BCUT2D eigenvalue weighted by Gasteiger charge is 2.21. The van der Waals surface area contributed by atoms with Crippen molar-refractivity contribution in [2.45, 2.75) is 36.6 Å². The van der Waals surface area contributed by atoms with E-state index in [1.807, 2.05) is 0 Å². The molecule has 6 nitrogen and oxygen atoms in total. The lowest BCUT2D eigenvalue weighted by molar-refractivity contribution is 0.322. The predicted octanol–water partition coefficient (Wildman–Crippen LogP) is 5.80. The molecule has 0 aliphatic carbocycles. The lowest BCUT2D eigenvalue weighted by Gasteiger charge is -2.16. The summed E-state index contributed by atoms with van der Waals surface area (Å²) < 4.78 is 63.4. The third kappa shape index (κ3) is 5.73. The summed E-state index contributed by atoms with van der Waals surface area (Å²) in [4.78, 5) is 25.6. The van der Waals surface area contributed by atoms with Crippen molar-refractivity contribution >= 4 is 41.5 Å². The molecule has 0 saturated heterocycles. The Morgan fingerprint density at radius 2 is 1.77 bits per heavy atom. The van der Waals surface area contributed by atoms with Crippen molar-refractivity contribution in [2.75, 3.05) is 6.61 Å². The number of aromatic nitrogens is 4. The first-order valence-corrected chi connectivity index (χ1v) is 16.0. The second kappa shape index (κ2) is 10.1. The van der Waals surface area contributed by atoms with Crippen molar-refractivity contribution in [3.8, 4) is 11.6 Å². The van der Waals surface area contributed by atoms with E-state index in [1.165, 1.54) is 5.51 Å². The van der Waals surface area contributed by atoms with Crippen molar-refractivity contribution in [3.05, 3.63) is 69.1 Å². The summed E-state index contributed by atoms with van der Waals surface area (Å²) in [5, 5.41) is -0.0513. The molecule has 0 atom stereocenters. The molecule has 0 saturated carbocycles. The number of hydrogen-bond donors (Lipinski definition) is 0. The van der Waals surface area contributed by atoms with Crippen LogP contribution in [0.25, 0.3) is 16.0 Å². The molecule has 0 amide bonds. The molecule has 4 aromatic rings. The van der Waals surface area contributed by atoms with Crippen LogP contribution in [0.15, 0.2) is 39.9 Å². The fraction of sp³-hybridized carbons (Fsp3) is 0.273. The lowest BCUT2D eigenvalue weighted by atomic mass is 10.2. The number of ether oxygens (including phenoxy) is 1. The van der Waals surface area contributed by atoms with E-state index in [9.17, 15) is 18.0 Å². The van der Waals surface area contributed by atoms with Gasteiger partial charge >= 0.3 is 0 Å². The number of hydrogen-bond acceptors (Lipinski definition) is 7. The van der Waals surface area contributed by atoms with Crippen LogP contribution < -0.4 is 10.3 Å². The molecule has 13 heteroatoms. The minimum absolute atomic E-state index is 0.0513. The third-order valence-electron chi connectivity index (χ3n) is 4.94. The smallest absolute Gasteiger partial charge is 0.278 e. The topological polar surface area (TPSA) is 69.9 Å². The SMILES string of the molecule is C[Si](C)(C)CCOc1cc(F)c(-n2c(SCc3c(F)cc(F)cc3F)nc3ncsc3c2=O)cn1. The standard InChI is InChI=1S/C22H20F4N4O2S2Si/c1-35(2,3)5-4-32-18-8-16(26)17(9-27-18)30-21(31)19-20(28-11-34-19)29-22(30)33-10-13-14(24)6-12(23)7-15(13)25/h6-9,11H,4-5,10H2,1-3H3.